The number of hydrogen-bond acceptors (Lipinski definition) is 10. The van der Waals surface area contributed by atoms with Crippen molar-refractivity contribution in [2.75, 3.05) is 36.6 Å². The highest BCUT2D eigenvalue weighted by atomic mass is 32.2. The van der Waals surface area contributed by atoms with Gasteiger partial charge in [0.05, 0.1) is 31.5 Å². The third-order valence-electron chi connectivity index (χ3n) is 9.38. The molecule has 5 rings (SSSR count). The van der Waals surface area contributed by atoms with Crippen LogP contribution in [0.25, 0.3) is 0 Å². The van der Waals surface area contributed by atoms with Crippen LogP contribution in [0.1, 0.15) is 67.4 Å². The van der Waals surface area contributed by atoms with Crippen LogP contribution in [0.3, 0.4) is 0 Å². The fourth-order valence-corrected chi connectivity index (χ4v) is 8.09. The lowest BCUT2D eigenvalue weighted by molar-refractivity contribution is -0.141. The monoisotopic (exact) mass is 808 g/mol. The molecule has 2 amide bonds. The van der Waals surface area contributed by atoms with Crippen molar-refractivity contribution in [3.63, 3.8) is 0 Å². The number of aliphatic hydroxyl groups excluding tert-OH is 1. The molecule has 298 valence electrons. The van der Waals surface area contributed by atoms with E-state index in [1.54, 1.807) is 53.4 Å². The fourth-order valence-electron chi connectivity index (χ4n) is 6.46. The van der Waals surface area contributed by atoms with Crippen LogP contribution in [0.4, 0.5) is 10.1 Å². The first-order valence-corrected chi connectivity index (χ1v) is 21.1. The number of halogens is 1. The molecule has 0 radical (unpaired) electrons. The molecule has 56 heavy (non-hydrogen) atoms. The third-order valence-corrected chi connectivity index (χ3v) is 11.4. The van der Waals surface area contributed by atoms with E-state index in [0.29, 0.717) is 22.6 Å². The number of amides is 2. The van der Waals surface area contributed by atoms with Gasteiger partial charge >= 0.3 is 5.97 Å². The van der Waals surface area contributed by atoms with Gasteiger partial charge in [-0.15, -0.1) is 11.8 Å². The number of sulfonamides is 1. The smallest absolute Gasteiger partial charge is 0.321 e. The molecular formula is C40H45FN4O9S2. The van der Waals surface area contributed by atoms with Gasteiger partial charge in [0.25, 0.3) is 5.91 Å². The van der Waals surface area contributed by atoms with E-state index in [0.717, 1.165) is 43.9 Å². The van der Waals surface area contributed by atoms with Crippen molar-refractivity contribution >= 4 is 51.0 Å². The Balaban J connectivity index is 1.19. The largest absolute Gasteiger partial charge is 0.484 e. The van der Waals surface area contributed by atoms with Crippen molar-refractivity contribution in [1.29, 1.82) is 0 Å². The second-order valence-electron chi connectivity index (χ2n) is 13.7. The van der Waals surface area contributed by atoms with Crippen LogP contribution in [0.2, 0.25) is 0 Å². The van der Waals surface area contributed by atoms with E-state index in [9.17, 15) is 42.2 Å². The minimum Gasteiger partial charge on any atom is -0.484 e. The molecule has 2 fully saturated rings. The van der Waals surface area contributed by atoms with E-state index in [1.807, 2.05) is 0 Å². The van der Waals surface area contributed by atoms with Crippen molar-refractivity contribution in [3.8, 4) is 17.6 Å². The van der Waals surface area contributed by atoms with Gasteiger partial charge in [-0.1, -0.05) is 55.4 Å². The number of nitrogens with zero attached hydrogens (tertiary/aromatic N) is 1. The lowest BCUT2D eigenvalue weighted by atomic mass is 9.92. The molecule has 1 saturated heterocycles. The number of rotatable bonds is 18. The van der Waals surface area contributed by atoms with E-state index in [1.165, 1.54) is 36.0 Å². The number of carbonyl (C=O) groups is 4. The Morgan fingerprint density at radius 3 is 2.32 bits per heavy atom. The van der Waals surface area contributed by atoms with Crippen molar-refractivity contribution in [2.45, 2.75) is 68.0 Å². The summed E-state index contributed by atoms with van der Waals surface area (Å²) < 4.78 is 44.0. The number of aliphatic hydroxyl groups is 1. The number of carboxylic acids is 1. The van der Waals surface area contributed by atoms with Gasteiger partial charge in [-0.25, -0.2) is 17.5 Å². The van der Waals surface area contributed by atoms with Gasteiger partial charge in [-0.05, 0) is 72.5 Å². The Morgan fingerprint density at radius 1 is 1.00 bits per heavy atom. The van der Waals surface area contributed by atoms with Gasteiger partial charge < -0.3 is 30.5 Å². The van der Waals surface area contributed by atoms with E-state index < -0.39 is 56.9 Å². The molecule has 5 N–H and O–H groups in total. The van der Waals surface area contributed by atoms with E-state index in [2.05, 4.69) is 27.2 Å². The molecule has 1 aliphatic heterocycles. The van der Waals surface area contributed by atoms with Crippen LogP contribution in [0.5, 0.6) is 5.75 Å². The van der Waals surface area contributed by atoms with E-state index in [4.69, 9.17) is 4.74 Å². The van der Waals surface area contributed by atoms with Crippen LogP contribution in [-0.2, 0) is 29.2 Å². The summed E-state index contributed by atoms with van der Waals surface area (Å²) in [5.74, 6) is 3.47. The van der Waals surface area contributed by atoms with Gasteiger partial charge in [0, 0.05) is 29.5 Å². The average Bonchev–Trinajstić information content (AvgIpc) is 3.17. The molecule has 2 aliphatic rings. The molecule has 16 heteroatoms. The number of anilines is 1. The zero-order chi connectivity index (χ0) is 40.2. The molecular weight excluding hydrogens is 764 g/mol. The first-order chi connectivity index (χ1) is 26.8. The van der Waals surface area contributed by atoms with E-state index in [-0.39, 0.29) is 43.8 Å². The number of carbonyl (C=O) groups excluding carboxylic acids is 3. The molecule has 0 unspecified atom stereocenters. The summed E-state index contributed by atoms with van der Waals surface area (Å²) in [4.78, 5) is 52.0. The highest BCUT2D eigenvalue weighted by Crippen LogP contribution is 2.46. The maximum absolute atomic E-state index is 13.6. The highest BCUT2D eigenvalue weighted by Gasteiger charge is 2.49. The van der Waals surface area contributed by atoms with Gasteiger partial charge in [-0.3, -0.25) is 19.2 Å². The van der Waals surface area contributed by atoms with Gasteiger partial charge in [0.2, 0.25) is 15.9 Å². The summed E-state index contributed by atoms with van der Waals surface area (Å²) in [5, 5.41) is 25.4. The molecule has 0 bridgehead atoms. The summed E-state index contributed by atoms with van der Waals surface area (Å²) in [6, 6.07) is 17.9. The number of benzene rings is 3. The lowest BCUT2D eigenvalue weighted by Crippen LogP contribution is -2.57. The Bertz CT molecular complexity index is 2020. The zero-order valence-electron chi connectivity index (χ0n) is 30.8. The normalized spacial score (nSPS) is 18.2. The van der Waals surface area contributed by atoms with Crippen LogP contribution < -0.4 is 25.0 Å². The summed E-state index contributed by atoms with van der Waals surface area (Å²) in [5.41, 5.74) is 2.49. The minimum absolute atomic E-state index is 0.0484. The molecule has 1 heterocycles. The average molecular weight is 809 g/mol. The van der Waals surface area contributed by atoms with Gasteiger partial charge in [-0.2, -0.15) is 0 Å². The number of ketones is 1. The van der Waals surface area contributed by atoms with E-state index >= 15 is 0 Å². The number of carboxylic acid groups (broad SMARTS) is 1. The predicted octanol–water partition coefficient (Wildman–Crippen LogP) is 3.48. The molecule has 1 aliphatic carbocycles. The number of hydrogen-bond donors (Lipinski definition) is 5. The number of ether oxygens (including phenoxy) is 1. The maximum atomic E-state index is 13.6. The molecule has 3 aromatic rings. The number of Topliss-reactive ketones (excluding diaryl/α,β-unsaturated/α-hetero) is 1. The molecule has 4 atom stereocenters. The zero-order valence-corrected chi connectivity index (χ0v) is 32.4. The molecule has 0 aromatic heterocycles. The van der Waals surface area contributed by atoms with Crippen LogP contribution in [0.15, 0.2) is 72.8 Å². The van der Waals surface area contributed by atoms with Gasteiger partial charge in [0.15, 0.2) is 12.4 Å². The Kier molecular flexibility index (Phi) is 15.0. The summed E-state index contributed by atoms with van der Waals surface area (Å²) in [6.45, 7) is -0.762. The van der Waals surface area contributed by atoms with Crippen LogP contribution in [0, 0.1) is 17.7 Å². The quantitative estimate of drug-likeness (QED) is 0.0935. The standard InChI is InChI=1S/C40H45FN4O9S2/c1-56(52,53)43-21-5-6-26-9-17-31(18-10-26)45-37(38(39(45)49)55-25-35(47)27-11-15-29(41)16-12-27)28-13-19-33(20-14-28)54-24-36(48)42-23-32(46)22-34(40(50)51)44-30-7-3-2-4-8-30/h9-20,30,34-35,37-38,43-44,47H,2-4,7-8,21-25H2,1H3,(H,42,48)(H,50,51)/t34-,35+,37-,38-/m1/s1. The Morgan fingerprint density at radius 2 is 1.68 bits per heavy atom. The lowest BCUT2D eigenvalue weighted by Gasteiger charge is -2.47. The second kappa shape index (κ2) is 19.9. The molecule has 0 spiro atoms. The second-order valence-corrected chi connectivity index (χ2v) is 16.7. The van der Waals surface area contributed by atoms with Crippen molar-refractivity contribution in [1.82, 2.24) is 15.4 Å². The fraction of sp³-hybridized carbons (Fsp3) is 0.400. The van der Waals surface area contributed by atoms with Crippen molar-refractivity contribution < 1.29 is 46.9 Å². The topological polar surface area (TPSA) is 191 Å². The number of β-lactam (4-membered cyclic amide) rings is 1. The molecule has 3 aromatic carbocycles. The minimum atomic E-state index is -3.37. The van der Waals surface area contributed by atoms with Crippen molar-refractivity contribution in [3.05, 3.63) is 95.3 Å². The number of nitrogens with one attached hydrogen (secondary N) is 3. The third kappa shape index (κ3) is 12.4. The number of aliphatic carboxylic acids is 1. The first-order valence-electron chi connectivity index (χ1n) is 18.2. The summed E-state index contributed by atoms with van der Waals surface area (Å²) in [7, 11) is -3.37. The summed E-state index contributed by atoms with van der Waals surface area (Å²) >= 11 is 1.28. The van der Waals surface area contributed by atoms with Crippen LogP contribution in [-0.4, -0.2) is 91.2 Å². The predicted molar refractivity (Wildman–Crippen MR) is 210 cm³/mol. The van der Waals surface area contributed by atoms with Gasteiger partial charge in [0.1, 0.15) is 22.9 Å². The Labute approximate surface area is 329 Å². The number of thioether (sulfide) groups is 1. The molecule has 13 nitrogen and oxygen atoms in total. The SMILES string of the molecule is CS(=O)(=O)NCC#Cc1ccc(N2C(=O)[C@H](SC[C@H](O)c3ccc(F)cc3)[C@H]2c2ccc(OCC(=O)NCC(=O)C[C@@H](NC3CCCCC3)C(=O)O)cc2)cc1. The van der Waals surface area contributed by atoms with Crippen LogP contribution >= 0.6 is 11.8 Å². The molecule has 1 saturated carbocycles. The maximum Gasteiger partial charge on any atom is 0.321 e. The van der Waals surface area contributed by atoms with Crippen molar-refractivity contribution in [2.24, 2.45) is 0 Å². The Hall–Kier alpha value is -4.79. The highest BCUT2D eigenvalue weighted by molar-refractivity contribution is 8.00. The summed E-state index contributed by atoms with van der Waals surface area (Å²) in [6.07, 6.45) is 4.75. The first kappa shape index (κ1) is 42.4.